The van der Waals surface area contributed by atoms with E-state index in [2.05, 4.69) is 20.5 Å². The van der Waals surface area contributed by atoms with Crippen LogP contribution in [0.1, 0.15) is 25.1 Å². The first-order valence-electron chi connectivity index (χ1n) is 8.17. The number of hydrogen-bond acceptors (Lipinski definition) is 4. The van der Waals surface area contributed by atoms with E-state index in [1.54, 1.807) is 0 Å². The molecule has 2 aromatic rings. The Morgan fingerprint density at radius 1 is 1.33 bits per heavy atom. The minimum atomic E-state index is -0.0526. The summed E-state index contributed by atoms with van der Waals surface area (Å²) < 4.78 is 0. The number of carbonyl (C=O) groups excluding carboxylic acids is 1. The van der Waals surface area contributed by atoms with Crippen molar-refractivity contribution in [3.63, 3.8) is 0 Å². The second-order valence-electron chi connectivity index (χ2n) is 6.75. The molecular weight excluding hydrogens is 326 g/mol. The topological polar surface area (TPSA) is 96.7 Å². The molecule has 24 heavy (non-hydrogen) atoms. The summed E-state index contributed by atoms with van der Waals surface area (Å²) in [6, 6.07) is 7.63. The van der Waals surface area contributed by atoms with E-state index >= 15 is 0 Å². The summed E-state index contributed by atoms with van der Waals surface area (Å²) in [7, 11) is 0. The third kappa shape index (κ3) is 2.91. The zero-order valence-electron chi connectivity index (χ0n) is 13.5. The van der Waals surface area contributed by atoms with Crippen LogP contribution in [0.4, 0.5) is 5.69 Å². The number of aromatic nitrogens is 3. The Morgan fingerprint density at radius 3 is 2.79 bits per heavy atom. The number of anilines is 1. The molecule has 1 heterocycles. The smallest absolute Gasteiger partial charge is 0.229 e. The van der Waals surface area contributed by atoms with Crippen molar-refractivity contribution in [2.24, 2.45) is 23.5 Å². The molecule has 128 valence electrons. The quantitative estimate of drug-likeness (QED) is 0.794. The number of nitrogens with two attached hydrogens (primary N) is 1. The second-order valence-corrected chi connectivity index (χ2v) is 6.75. The zero-order valence-corrected chi connectivity index (χ0v) is 14.3. The van der Waals surface area contributed by atoms with Crippen LogP contribution in [0, 0.1) is 24.7 Å². The SMILES string of the molecule is Cc1nc(-c2cccc(NC(=O)C3C4CCC(C4)C3N)c2)n[nH]1.Cl. The number of benzene rings is 1. The number of nitrogens with one attached hydrogen (secondary N) is 2. The van der Waals surface area contributed by atoms with Gasteiger partial charge in [-0.25, -0.2) is 4.98 Å². The Hall–Kier alpha value is -1.92. The lowest BCUT2D eigenvalue weighted by Gasteiger charge is -2.27. The highest BCUT2D eigenvalue weighted by Crippen LogP contribution is 2.47. The third-order valence-corrected chi connectivity index (χ3v) is 5.27. The summed E-state index contributed by atoms with van der Waals surface area (Å²) >= 11 is 0. The van der Waals surface area contributed by atoms with Crippen LogP contribution < -0.4 is 11.1 Å². The number of nitrogens with zero attached hydrogens (tertiary/aromatic N) is 2. The lowest BCUT2D eigenvalue weighted by atomic mass is 9.84. The van der Waals surface area contributed by atoms with E-state index < -0.39 is 0 Å². The summed E-state index contributed by atoms with van der Waals surface area (Å²) in [4.78, 5) is 17.0. The van der Waals surface area contributed by atoms with Gasteiger partial charge in [0, 0.05) is 17.3 Å². The molecule has 4 N–H and O–H groups in total. The molecule has 7 heteroatoms. The predicted octanol–water partition coefficient (Wildman–Crippen LogP) is 2.51. The maximum Gasteiger partial charge on any atom is 0.229 e. The highest BCUT2D eigenvalue weighted by Gasteiger charge is 2.49. The molecule has 1 aromatic carbocycles. The maximum atomic E-state index is 12.6. The highest BCUT2D eigenvalue weighted by atomic mass is 35.5. The minimum Gasteiger partial charge on any atom is -0.327 e. The van der Waals surface area contributed by atoms with E-state index in [0.29, 0.717) is 17.7 Å². The molecule has 1 amide bonds. The summed E-state index contributed by atoms with van der Waals surface area (Å²) in [6.07, 6.45) is 3.41. The van der Waals surface area contributed by atoms with Gasteiger partial charge in [0.25, 0.3) is 0 Å². The number of aryl methyl sites for hydroxylation is 1. The van der Waals surface area contributed by atoms with Gasteiger partial charge in [-0.15, -0.1) is 12.4 Å². The summed E-state index contributed by atoms with van der Waals surface area (Å²) in [5.41, 5.74) is 7.90. The standard InChI is InChI=1S/C17H21N5O.ClH/c1-9-19-16(22-21-9)12-3-2-4-13(8-12)20-17(23)14-10-5-6-11(7-10)15(14)18;/h2-4,8,10-11,14-15H,5-7,18H2,1H3,(H,20,23)(H,19,21,22);1H. The number of fused-ring (bicyclic) bond motifs is 2. The third-order valence-electron chi connectivity index (χ3n) is 5.27. The molecule has 0 saturated heterocycles. The van der Waals surface area contributed by atoms with Gasteiger partial charge in [-0.1, -0.05) is 12.1 Å². The number of halogens is 1. The average molecular weight is 348 g/mol. The Kier molecular flexibility index (Phi) is 4.60. The van der Waals surface area contributed by atoms with Gasteiger partial charge in [0.05, 0.1) is 5.92 Å². The van der Waals surface area contributed by atoms with E-state index in [4.69, 9.17) is 5.73 Å². The lowest BCUT2D eigenvalue weighted by molar-refractivity contribution is -0.121. The number of rotatable bonds is 3. The van der Waals surface area contributed by atoms with E-state index in [0.717, 1.165) is 29.9 Å². The van der Waals surface area contributed by atoms with Crippen LogP contribution in [-0.4, -0.2) is 27.1 Å². The van der Waals surface area contributed by atoms with Crippen molar-refractivity contribution in [3.05, 3.63) is 30.1 Å². The van der Waals surface area contributed by atoms with Crippen molar-refractivity contribution >= 4 is 24.0 Å². The Labute approximate surface area is 147 Å². The summed E-state index contributed by atoms with van der Waals surface area (Å²) in [5.74, 6) is 2.38. The molecule has 4 rings (SSSR count). The van der Waals surface area contributed by atoms with Gasteiger partial charge in [-0.3, -0.25) is 9.89 Å². The fourth-order valence-corrected chi connectivity index (χ4v) is 4.16. The van der Waals surface area contributed by atoms with Gasteiger partial charge in [0.15, 0.2) is 5.82 Å². The predicted molar refractivity (Wildman–Crippen MR) is 94.7 cm³/mol. The van der Waals surface area contributed by atoms with Crippen molar-refractivity contribution in [3.8, 4) is 11.4 Å². The largest absolute Gasteiger partial charge is 0.327 e. The number of amides is 1. The first-order valence-corrected chi connectivity index (χ1v) is 8.17. The first kappa shape index (κ1) is 16.9. The van der Waals surface area contributed by atoms with Crippen molar-refractivity contribution in [1.82, 2.24) is 15.2 Å². The fraction of sp³-hybridized carbons (Fsp3) is 0.471. The molecule has 6 nitrogen and oxygen atoms in total. The molecule has 0 radical (unpaired) electrons. The van der Waals surface area contributed by atoms with Crippen molar-refractivity contribution in [1.29, 1.82) is 0 Å². The van der Waals surface area contributed by atoms with Gasteiger partial charge in [-0.2, -0.15) is 5.10 Å². The average Bonchev–Trinajstić information content (AvgIpc) is 3.23. The van der Waals surface area contributed by atoms with E-state index in [1.165, 1.54) is 6.42 Å². The van der Waals surface area contributed by atoms with Crippen LogP contribution in [0.2, 0.25) is 0 Å². The van der Waals surface area contributed by atoms with Gasteiger partial charge < -0.3 is 11.1 Å². The molecule has 2 fully saturated rings. The van der Waals surface area contributed by atoms with E-state index in [1.807, 2.05) is 31.2 Å². The fourth-order valence-electron chi connectivity index (χ4n) is 4.16. The van der Waals surface area contributed by atoms with Crippen molar-refractivity contribution in [2.75, 3.05) is 5.32 Å². The van der Waals surface area contributed by atoms with Crippen LogP contribution in [0.3, 0.4) is 0 Å². The Bertz CT molecular complexity index is 744. The van der Waals surface area contributed by atoms with Crippen LogP contribution in [0.25, 0.3) is 11.4 Å². The number of hydrogen-bond donors (Lipinski definition) is 3. The van der Waals surface area contributed by atoms with Crippen molar-refractivity contribution < 1.29 is 4.79 Å². The highest BCUT2D eigenvalue weighted by molar-refractivity contribution is 5.94. The van der Waals surface area contributed by atoms with E-state index in [-0.39, 0.29) is 30.3 Å². The van der Waals surface area contributed by atoms with Gasteiger partial charge >= 0.3 is 0 Å². The summed E-state index contributed by atoms with van der Waals surface area (Å²) in [5, 5.41) is 10.0. The monoisotopic (exact) mass is 347 g/mol. The molecule has 4 atom stereocenters. The molecule has 0 aliphatic heterocycles. The van der Waals surface area contributed by atoms with Crippen LogP contribution >= 0.6 is 12.4 Å². The van der Waals surface area contributed by atoms with Gasteiger partial charge in [0.1, 0.15) is 5.82 Å². The molecule has 0 spiro atoms. The van der Waals surface area contributed by atoms with Gasteiger partial charge in [0.2, 0.25) is 5.91 Å². The minimum absolute atomic E-state index is 0. The van der Waals surface area contributed by atoms with Crippen LogP contribution in [0.5, 0.6) is 0 Å². The second kappa shape index (κ2) is 6.53. The lowest BCUT2D eigenvalue weighted by Crippen LogP contribution is -2.42. The van der Waals surface area contributed by atoms with Crippen molar-refractivity contribution in [2.45, 2.75) is 32.2 Å². The van der Waals surface area contributed by atoms with E-state index in [9.17, 15) is 4.79 Å². The summed E-state index contributed by atoms with van der Waals surface area (Å²) in [6.45, 7) is 1.86. The molecule has 4 unspecified atom stereocenters. The Balaban J connectivity index is 0.00000169. The molecule has 1 aromatic heterocycles. The molecule has 2 bridgehead atoms. The molecular formula is C17H22ClN5O. The normalized spacial score (nSPS) is 27.8. The van der Waals surface area contributed by atoms with Crippen LogP contribution in [0.15, 0.2) is 24.3 Å². The maximum absolute atomic E-state index is 12.6. The molecule has 2 saturated carbocycles. The van der Waals surface area contributed by atoms with Crippen LogP contribution in [-0.2, 0) is 4.79 Å². The Morgan fingerprint density at radius 2 is 2.12 bits per heavy atom. The number of H-pyrrole nitrogens is 1. The number of carbonyl (C=O) groups is 1. The number of aromatic amines is 1. The van der Waals surface area contributed by atoms with Gasteiger partial charge in [-0.05, 0) is 50.2 Å². The molecule has 2 aliphatic carbocycles. The molecule has 2 aliphatic rings. The first-order chi connectivity index (χ1) is 11.1. The zero-order chi connectivity index (χ0) is 16.0.